The summed E-state index contributed by atoms with van der Waals surface area (Å²) in [4.78, 5) is 0. The van der Waals surface area contributed by atoms with Crippen molar-refractivity contribution in [2.45, 2.75) is 32.8 Å². The summed E-state index contributed by atoms with van der Waals surface area (Å²) < 4.78 is 0. The first-order valence-electron chi connectivity index (χ1n) is 4.70. The number of phenolic OH excluding ortho intramolecular Hbond substituents is 2. The third-order valence-electron chi connectivity index (χ3n) is 2.20. The van der Waals surface area contributed by atoms with Crippen molar-refractivity contribution in [3.63, 3.8) is 0 Å². The van der Waals surface area contributed by atoms with Gasteiger partial charge in [0, 0.05) is 0 Å². The Labute approximate surface area is 83.6 Å². The maximum atomic E-state index is 9.64. The number of rotatable bonds is 3. The van der Waals surface area contributed by atoms with Crippen LogP contribution in [0.5, 0.6) is 11.5 Å². The second-order valence-electron chi connectivity index (χ2n) is 3.66. The van der Waals surface area contributed by atoms with E-state index in [1.54, 1.807) is 13.8 Å². The second kappa shape index (κ2) is 4.33. The molecule has 0 radical (unpaired) electrons. The molecule has 14 heavy (non-hydrogen) atoms. The molecule has 1 unspecified atom stereocenters. The maximum absolute atomic E-state index is 9.64. The fourth-order valence-corrected chi connectivity index (χ4v) is 1.39. The number of aromatic hydroxyl groups is 2. The van der Waals surface area contributed by atoms with Crippen molar-refractivity contribution >= 4 is 0 Å². The van der Waals surface area contributed by atoms with E-state index in [9.17, 15) is 10.2 Å². The number of aliphatic hydroxyl groups is 1. The highest BCUT2D eigenvalue weighted by Crippen LogP contribution is 2.28. The zero-order chi connectivity index (χ0) is 10.7. The summed E-state index contributed by atoms with van der Waals surface area (Å²) in [5.74, 6) is 0.365. The van der Waals surface area contributed by atoms with Crippen molar-refractivity contribution in [3.8, 4) is 11.5 Å². The van der Waals surface area contributed by atoms with Crippen LogP contribution in [-0.4, -0.2) is 21.4 Å². The average Bonchev–Trinajstić information content (AvgIpc) is 2.08. The monoisotopic (exact) mass is 196 g/mol. The summed E-state index contributed by atoms with van der Waals surface area (Å²) in [5, 5.41) is 28.1. The van der Waals surface area contributed by atoms with Gasteiger partial charge in [0.1, 0.15) is 11.5 Å². The van der Waals surface area contributed by atoms with E-state index in [1.165, 1.54) is 12.1 Å². The van der Waals surface area contributed by atoms with Crippen molar-refractivity contribution in [1.82, 2.24) is 0 Å². The van der Waals surface area contributed by atoms with E-state index in [-0.39, 0.29) is 11.5 Å². The number of hydrogen-bond acceptors (Lipinski definition) is 3. The van der Waals surface area contributed by atoms with Crippen molar-refractivity contribution in [2.24, 2.45) is 0 Å². The second-order valence-corrected chi connectivity index (χ2v) is 3.66. The smallest absolute Gasteiger partial charge is 0.121 e. The lowest BCUT2D eigenvalue weighted by Gasteiger charge is -2.09. The molecule has 0 saturated heterocycles. The number of aryl methyl sites for hydroxylation is 2. The van der Waals surface area contributed by atoms with Crippen LogP contribution in [0.3, 0.4) is 0 Å². The number of benzene rings is 1. The van der Waals surface area contributed by atoms with Gasteiger partial charge in [-0.15, -0.1) is 0 Å². The minimum absolute atomic E-state index is 0.154. The first-order chi connectivity index (χ1) is 6.50. The summed E-state index contributed by atoms with van der Waals surface area (Å²) in [7, 11) is 0. The van der Waals surface area contributed by atoms with Gasteiger partial charge in [0.2, 0.25) is 0 Å². The topological polar surface area (TPSA) is 60.7 Å². The molecule has 0 aliphatic heterocycles. The molecule has 1 aromatic carbocycles. The van der Waals surface area contributed by atoms with Gasteiger partial charge in [0.05, 0.1) is 6.10 Å². The van der Waals surface area contributed by atoms with E-state index in [1.807, 2.05) is 0 Å². The summed E-state index contributed by atoms with van der Waals surface area (Å²) >= 11 is 0. The van der Waals surface area contributed by atoms with Crippen molar-refractivity contribution in [3.05, 3.63) is 23.3 Å². The Balaban J connectivity index is 2.85. The van der Waals surface area contributed by atoms with Gasteiger partial charge in [0.15, 0.2) is 0 Å². The third kappa shape index (κ3) is 2.64. The molecule has 0 amide bonds. The van der Waals surface area contributed by atoms with Crippen LogP contribution >= 0.6 is 0 Å². The lowest BCUT2D eigenvalue weighted by Crippen LogP contribution is -2.01. The normalized spacial score (nSPS) is 12.8. The fourth-order valence-electron chi connectivity index (χ4n) is 1.39. The minimum atomic E-state index is -0.392. The average molecular weight is 196 g/mol. The molecule has 3 nitrogen and oxygen atoms in total. The van der Waals surface area contributed by atoms with Crippen LogP contribution in [0, 0.1) is 6.92 Å². The molecule has 0 heterocycles. The molecule has 3 heteroatoms. The van der Waals surface area contributed by atoms with Crippen molar-refractivity contribution < 1.29 is 15.3 Å². The molecule has 0 bridgehead atoms. The van der Waals surface area contributed by atoms with E-state index in [0.717, 1.165) is 0 Å². The molecule has 0 spiro atoms. The van der Waals surface area contributed by atoms with Crippen molar-refractivity contribution in [1.29, 1.82) is 0 Å². The lowest BCUT2D eigenvalue weighted by molar-refractivity contribution is 0.184. The molecular weight excluding hydrogens is 180 g/mol. The van der Waals surface area contributed by atoms with E-state index in [4.69, 9.17) is 5.11 Å². The van der Waals surface area contributed by atoms with Gasteiger partial charge < -0.3 is 15.3 Å². The first kappa shape index (κ1) is 10.9. The fraction of sp³-hybridized carbons (Fsp3) is 0.455. The molecule has 0 aliphatic rings. The Morgan fingerprint density at radius 1 is 1.29 bits per heavy atom. The van der Waals surface area contributed by atoms with E-state index < -0.39 is 6.10 Å². The molecule has 0 aliphatic carbocycles. The van der Waals surface area contributed by atoms with Gasteiger partial charge in [-0.2, -0.15) is 0 Å². The highest BCUT2D eigenvalue weighted by atomic mass is 16.3. The van der Waals surface area contributed by atoms with E-state index in [0.29, 0.717) is 24.0 Å². The molecule has 78 valence electrons. The summed E-state index contributed by atoms with van der Waals surface area (Å²) in [6, 6.07) is 3.05. The van der Waals surface area contributed by atoms with Crippen LogP contribution in [-0.2, 0) is 6.42 Å². The minimum Gasteiger partial charge on any atom is -0.508 e. The number of aliphatic hydroxyl groups excluding tert-OH is 1. The van der Waals surface area contributed by atoms with E-state index >= 15 is 0 Å². The van der Waals surface area contributed by atoms with Gasteiger partial charge in [-0.25, -0.2) is 0 Å². The van der Waals surface area contributed by atoms with Crippen LogP contribution in [0.25, 0.3) is 0 Å². The SMILES string of the molecule is Cc1cc(O)cc(CCC(C)O)c1O. The Bertz CT molecular complexity index is 319. The molecular formula is C11H16O3. The molecule has 3 N–H and O–H groups in total. The number of hydrogen-bond donors (Lipinski definition) is 3. The van der Waals surface area contributed by atoms with Gasteiger partial charge in [-0.1, -0.05) is 0 Å². The standard InChI is InChI=1S/C11H16O3/c1-7-5-10(13)6-9(11(7)14)4-3-8(2)12/h5-6,8,12-14H,3-4H2,1-2H3. The maximum Gasteiger partial charge on any atom is 0.121 e. The first-order valence-corrected chi connectivity index (χ1v) is 4.70. The molecule has 1 rings (SSSR count). The van der Waals surface area contributed by atoms with Gasteiger partial charge in [0.25, 0.3) is 0 Å². The van der Waals surface area contributed by atoms with Gasteiger partial charge >= 0.3 is 0 Å². The van der Waals surface area contributed by atoms with Crippen LogP contribution in [0.4, 0.5) is 0 Å². The predicted octanol–water partition coefficient (Wildman–Crippen LogP) is 1.72. The van der Waals surface area contributed by atoms with Gasteiger partial charge in [-0.05, 0) is 49.9 Å². The largest absolute Gasteiger partial charge is 0.508 e. The molecule has 1 atom stereocenters. The Kier molecular flexibility index (Phi) is 3.36. The quantitative estimate of drug-likeness (QED) is 0.645. The highest BCUT2D eigenvalue weighted by molar-refractivity contribution is 5.45. The highest BCUT2D eigenvalue weighted by Gasteiger charge is 2.07. The molecule has 0 aromatic heterocycles. The Morgan fingerprint density at radius 2 is 1.93 bits per heavy atom. The number of phenols is 2. The summed E-state index contributed by atoms with van der Waals surface area (Å²) in [6.45, 7) is 3.44. The predicted molar refractivity (Wildman–Crippen MR) is 54.5 cm³/mol. The van der Waals surface area contributed by atoms with Crippen molar-refractivity contribution in [2.75, 3.05) is 0 Å². The molecule has 0 fully saturated rings. The van der Waals surface area contributed by atoms with Crippen LogP contribution < -0.4 is 0 Å². The molecule has 0 saturated carbocycles. The van der Waals surface area contributed by atoms with Crippen LogP contribution in [0.1, 0.15) is 24.5 Å². The molecule has 1 aromatic rings. The third-order valence-corrected chi connectivity index (χ3v) is 2.20. The van der Waals surface area contributed by atoms with Crippen LogP contribution in [0.2, 0.25) is 0 Å². The van der Waals surface area contributed by atoms with E-state index in [2.05, 4.69) is 0 Å². The Morgan fingerprint density at radius 3 is 2.50 bits per heavy atom. The zero-order valence-electron chi connectivity index (χ0n) is 8.49. The van der Waals surface area contributed by atoms with Crippen LogP contribution in [0.15, 0.2) is 12.1 Å². The summed E-state index contributed by atoms with van der Waals surface area (Å²) in [5.41, 5.74) is 1.34. The van der Waals surface area contributed by atoms with Gasteiger partial charge in [-0.3, -0.25) is 0 Å². The zero-order valence-corrected chi connectivity index (χ0v) is 8.49. The summed E-state index contributed by atoms with van der Waals surface area (Å²) in [6.07, 6.45) is 0.756. The Hall–Kier alpha value is -1.22. The lowest BCUT2D eigenvalue weighted by atomic mass is 10.0.